The normalized spacial score (nSPS) is 16.2. The van der Waals surface area contributed by atoms with Gasteiger partial charge in [0.25, 0.3) is 0 Å². The largest absolute Gasteiger partial charge is 0.396 e. The smallest absolute Gasteiger partial charge is 0.329 e. The fraction of sp³-hybridized carbons (Fsp3) is 0.423. The average Bonchev–Trinajstić information content (AvgIpc) is 3.60. The van der Waals surface area contributed by atoms with Gasteiger partial charge in [-0.15, -0.1) is 11.3 Å². The number of nitrogens with one attached hydrogen (secondary N) is 1. The molecule has 1 aromatic carbocycles. The fourth-order valence-corrected chi connectivity index (χ4v) is 5.73. The van der Waals surface area contributed by atoms with E-state index in [1.54, 1.807) is 4.90 Å². The molecule has 2 aliphatic rings. The highest BCUT2D eigenvalue weighted by Gasteiger charge is 2.31. The topological polar surface area (TPSA) is 87.4 Å². The number of aryl methyl sites for hydroxylation is 2. The molecule has 1 saturated heterocycles. The number of aromatic nitrogens is 2. The van der Waals surface area contributed by atoms with Gasteiger partial charge in [0, 0.05) is 35.3 Å². The molecular formula is C26H32N6OS. The van der Waals surface area contributed by atoms with E-state index in [4.69, 9.17) is 10.7 Å². The van der Waals surface area contributed by atoms with Crippen LogP contribution in [0.15, 0.2) is 36.4 Å². The standard InChI is InChI=1S/C26H32N6OS/c1-17-18(2)34-25(28-17)30-26(33)32(20-9-3-4-10-20)24-22(27)12-13-23(29-24)19-8-7-11-21(16-19)31-14-5-6-15-31/h7-8,11-13,16,20H,3-6,9-10,14-15,27H2,1-2H3,(H,28,30,33). The van der Waals surface area contributed by atoms with E-state index in [1.807, 2.05) is 26.0 Å². The van der Waals surface area contributed by atoms with Gasteiger partial charge in [-0.1, -0.05) is 25.0 Å². The number of urea groups is 1. The van der Waals surface area contributed by atoms with E-state index < -0.39 is 0 Å². The van der Waals surface area contributed by atoms with E-state index in [0.717, 1.165) is 60.6 Å². The second-order valence-corrected chi connectivity index (χ2v) is 10.5. The van der Waals surface area contributed by atoms with Crippen molar-refractivity contribution in [1.29, 1.82) is 0 Å². The Morgan fingerprint density at radius 1 is 1.09 bits per heavy atom. The first-order valence-electron chi connectivity index (χ1n) is 12.2. The number of carbonyl (C=O) groups excluding carboxylic acids is 1. The number of rotatable bonds is 5. The summed E-state index contributed by atoms with van der Waals surface area (Å²) >= 11 is 1.49. The van der Waals surface area contributed by atoms with E-state index in [-0.39, 0.29) is 12.1 Å². The highest BCUT2D eigenvalue weighted by molar-refractivity contribution is 7.15. The zero-order valence-electron chi connectivity index (χ0n) is 19.9. The van der Waals surface area contributed by atoms with Crippen LogP contribution in [0.25, 0.3) is 11.3 Å². The highest BCUT2D eigenvalue weighted by Crippen LogP contribution is 2.34. The summed E-state index contributed by atoms with van der Waals surface area (Å²) in [7, 11) is 0. The molecule has 3 N–H and O–H groups in total. The zero-order valence-corrected chi connectivity index (χ0v) is 20.7. The molecule has 2 amide bonds. The van der Waals surface area contributed by atoms with E-state index in [2.05, 4.69) is 39.5 Å². The molecule has 0 unspecified atom stereocenters. The molecule has 1 aliphatic carbocycles. The van der Waals surface area contributed by atoms with Crippen LogP contribution in [-0.4, -0.2) is 35.1 Å². The van der Waals surface area contributed by atoms with Gasteiger partial charge in [0.1, 0.15) is 0 Å². The van der Waals surface area contributed by atoms with Crippen molar-refractivity contribution < 1.29 is 4.79 Å². The lowest BCUT2D eigenvalue weighted by molar-refractivity contribution is 0.254. The van der Waals surface area contributed by atoms with Gasteiger partial charge in [0.15, 0.2) is 10.9 Å². The summed E-state index contributed by atoms with van der Waals surface area (Å²) in [5, 5.41) is 3.61. The quantitative estimate of drug-likeness (QED) is 0.473. The number of carbonyl (C=O) groups is 1. The molecule has 2 aromatic heterocycles. The van der Waals surface area contributed by atoms with Crippen LogP contribution in [0.3, 0.4) is 0 Å². The second-order valence-electron chi connectivity index (χ2n) is 9.25. The minimum Gasteiger partial charge on any atom is -0.396 e. The van der Waals surface area contributed by atoms with Gasteiger partial charge in [-0.3, -0.25) is 10.2 Å². The zero-order chi connectivity index (χ0) is 23.7. The fourth-order valence-electron chi connectivity index (χ4n) is 4.93. The Morgan fingerprint density at radius 2 is 1.85 bits per heavy atom. The molecule has 1 aliphatic heterocycles. The first kappa shape index (κ1) is 22.7. The van der Waals surface area contributed by atoms with Gasteiger partial charge in [0.2, 0.25) is 0 Å². The number of amides is 2. The Morgan fingerprint density at radius 3 is 2.56 bits per heavy atom. The molecule has 5 rings (SSSR count). The third-order valence-electron chi connectivity index (χ3n) is 6.90. The number of nitrogen functional groups attached to an aromatic ring is 1. The lowest BCUT2D eigenvalue weighted by Gasteiger charge is -2.29. The monoisotopic (exact) mass is 476 g/mol. The number of hydrogen-bond acceptors (Lipinski definition) is 6. The van der Waals surface area contributed by atoms with Crippen LogP contribution >= 0.6 is 11.3 Å². The predicted octanol–water partition coefficient (Wildman–Crippen LogP) is 5.99. The van der Waals surface area contributed by atoms with Crippen molar-refractivity contribution in [1.82, 2.24) is 9.97 Å². The Kier molecular flexibility index (Phi) is 6.41. The van der Waals surface area contributed by atoms with E-state index in [1.165, 1.54) is 29.9 Å². The number of pyridine rings is 1. The third kappa shape index (κ3) is 4.59. The number of benzene rings is 1. The van der Waals surface area contributed by atoms with Crippen LogP contribution in [0.1, 0.15) is 49.1 Å². The summed E-state index contributed by atoms with van der Waals surface area (Å²) in [6, 6.07) is 12.2. The molecular weight excluding hydrogens is 444 g/mol. The van der Waals surface area contributed by atoms with E-state index in [0.29, 0.717) is 16.6 Å². The van der Waals surface area contributed by atoms with Crippen LogP contribution < -0.4 is 20.9 Å². The maximum absolute atomic E-state index is 13.5. The first-order chi connectivity index (χ1) is 16.5. The average molecular weight is 477 g/mol. The van der Waals surface area contributed by atoms with Crippen molar-refractivity contribution in [2.45, 2.75) is 58.4 Å². The van der Waals surface area contributed by atoms with Crippen molar-refractivity contribution in [3.05, 3.63) is 47.0 Å². The molecule has 1 saturated carbocycles. The second kappa shape index (κ2) is 9.62. The Bertz CT molecular complexity index is 1160. The SMILES string of the molecule is Cc1nc(NC(=O)N(c2nc(-c3cccc(N4CCCC4)c3)ccc2N)C2CCCC2)sc1C. The van der Waals surface area contributed by atoms with E-state index >= 15 is 0 Å². The minimum atomic E-state index is -0.220. The maximum Gasteiger partial charge on any atom is 0.329 e. The van der Waals surface area contributed by atoms with Crippen molar-refractivity contribution in [3.8, 4) is 11.3 Å². The summed E-state index contributed by atoms with van der Waals surface area (Å²) < 4.78 is 0. The van der Waals surface area contributed by atoms with Crippen LogP contribution in [0.2, 0.25) is 0 Å². The lowest BCUT2D eigenvalue weighted by atomic mass is 10.1. The van der Waals surface area contributed by atoms with Crippen molar-refractivity contribution >= 4 is 39.7 Å². The maximum atomic E-state index is 13.5. The van der Waals surface area contributed by atoms with Crippen LogP contribution in [-0.2, 0) is 0 Å². The van der Waals surface area contributed by atoms with Crippen molar-refractivity contribution in [3.63, 3.8) is 0 Å². The summed E-state index contributed by atoms with van der Waals surface area (Å²) in [6.45, 7) is 6.15. The molecule has 0 spiro atoms. The predicted molar refractivity (Wildman–Crippen MR) is 141 cm³/mol. The molecule has 0 bridgehead atoms. The Hall–Kier alpha value is -3.13. The molecule has 3 aromatic rings. The summed E-state index contributed by atoms with van der Waals surface area (Å²) in [4.78, 5) is 28.2. The van der Waals surface area contributed by atoms with Crippen LogP contribution in [0.5, 0.6) is 0 Å². The summed E-state index contributed by atoms with van der Waals surface area (Å²) in [6.07, 6.45) is 6.55. The number of hydrogen-bond donors (Lipinski definition) is 2. The van der Waals surface area contributed by atoms with Crippen molar-refractivity contribution in [2.75, 3.05) is 33.9 Å². The molecule has 8 heteroatoms. The van der Waals surface area contributed by atoms with Gasteiger partial charge in [-0.05, 0) is 63.8 Å². The van der Waals surface area contributed by atoms with Crippen LogP contribution in [0, 0.1) is 13.8 Å². The van der Waals surface area contributed by atoms with Gasteiger partial charge >= 0.3 is 6.03 Å². The Labute approximate surface area is 205 Å². The number of nitrogens with two attached hydrogens (primary N) is 1. The molecule has 178 valence electrons. The van der Waals surface area contributed by atoms with Gasteiger partial charge < -0.3 is 10.6 Å². The van der Waals surface area contributed by atoms with Crippen LogP contribution in [0.4, 0.5) is 27.1 Å². The molecule has 34 heavy (non-hydrogen) atoms. The summed E-state index contributed by atoms with van der Waals surface area (Å²) in [5.41, 5.74) is 10.9. The number of nitrogens with zero attached hydrogens (tertiary/aromatic N) is 4. The lowest BCUT2D eigenvalue weighted by Crippen LogP contribution is -2.43. The van der Waals surface area contributed by atoms with Crippen molar-refractivity contribution in [2.24, 2.45) is 0 Å². The minimum absolute atomic E-state index is 0.0724. The molecule has 2 fully saturated rings. The molecule has 7 nitrogen and oxygen atoms in total. The number of thiazole rings is 1. The molecule has 0 radical (unpaired) electrons. The number of anilines is 4. The van der Waals surface area contributed by atoms with E-state index in [9.17, 15) is 4.79 Å². The molecule has 0 atom stereocenters. The molecule has 3 heterocycles. The van der Waals surface area contributed by atoms with Gasteiger partial charge in [-0.2, -0.15) is 0 Å². The van der Waals surface area contributed by atoms with Gasteiger partial charge in [0.05, 0.1) is 17.1 Å². The highest BCUT2D eigenvalue weighted by atomic mass is 32.1. The third-order valence-corrected chi connectivity index (χ3v) is 7.89. The first-order valence-corrected chi connectivity index (χ1v) is 13.0. The van der Waals surface area contributed by atoms with Gasteiger partial charge in [-0.25, -0.2) is 14.8 Å². The summed E-state index contributed by atoms with van der Waals surface area (Å²) in [5.74, 6) is 0.526. The Balaban J connectivity index is 1.48.